The van der Waals surface area contributed by atoms with Crippen LogP contribution in [-0.2, 0) is 0 Å². The molecule has 0 saturated heterocycles. The normalized spacial score (nSPS) is 10.8. The van der Waals surface area contributed by atoms with E-state index < -0.39 is 28.4 Å². The van der Waals surface area contributed by atoms with Gasteiger partial charge in [0.25, 0.3) is 11.9 Å². The van der Waals surface area contributed by atoms with Crippen LogP contribution >= 0.6 is 23.1 Å². The van der Waals surface area contributed by atoms with E-state index in [1.54, 1.807) is 24.3 Å². The summed E-state index contributed by atoms with van der Waals surface area (Å²) >= 11 is 1.37. The van der Waals surface area contributed by atoms with E-state index in [9.17, 15) is 17.6 Å². The minimum atomic E-state index is -1.72. The van der Waals surface area contributed by atoms with Gasteiger partial charge < -0.3 is 10.1 Å². The van der Waals surface area contributed by atoms with Crippen LogP contribution in [0.1, 0.15) is 0 Å². The van der Waals surface area contributed by atoms with E-state index in [4.69, 9.17) is 4.74 Å². The predicted molar refractivity (Wildman–Crippen MR) is 84.4 cm³/mol. The lowest BCUT2D eigenvalue weighted by Crippen LogP contribution is -2.01. The van der Waals surface area contributed by atoms with Gasteiger partial charge >= 0.3 is 0 Å². The number of aromatic nitrogens is 3. The van der Waals surface area contributed by atoms with Crippen molar-refractivity contribution in [3.05, 3.63) is 47.8 Å². The average Bonchev–Trinajstić information content (AvgIpc) is 3.04. The Hall–Kier alpha value is -2.40. The summed E-state index contributed by atoms with van der Waals surface area (Å²) in [5.74, 6) is -5.99. The number of anilines is 2. The Labute approximate surface area is 147 Å². The fourth-order valence-corrected chi connectivity index (χ4v) is 3.53. The molecule has 0 atom stereocenters. The van der Waals surface area contributed by atoms with Gasteiger partial charge in [0.15, 0.2) is 16.0 Å². The molecule has 0 bridgehead atoms. The summed E-state index contributed by atoms with van der Waals surface area (Å²) in [6.07, 6.45) is 0. The first-order valence-electron chi connectivity index (χ1n) is 6.60. The highest BCUT2D eigenvalue weighted by Crippen LogP contribution is 2.36. The zero-order chi connectivity index (χ0) is 18.0. The molecule has 5 nitrogen and oxygen atoms in total. The second-order valence-corrected chi connectivity index (χ2v) is 6.72. The van der Waals surface area contributed by atoms with Crippen molar-refractivity contribution in [1.29, 1.82) is 0 Å². The molecule has 3 aromatic rings. The Morgan fingerprint density at radius 1 is 1.08 bits per heavy atom. The summed E-state index contributed by atoms with van der Waals surface area (Å²) in [6, 6.07) is 6.97. The average molecular weight is 388 g/mol. The van der Waals surface area contributed by atoms with Gasteiger partial charge in [0.1, 0.15) is 5.75 Å². The summed E-state index contributed by atoms with van der Waals surface area (Å²) in [5.41, 5.74) is 0.658. The van der Waals surface area contributed by atoms with Gasteiger partial charge in [-0.1, -0.05) is 29.2 Å². The van der Waals surface area contributed by atoms with Crippen LogP contribution in [0.3, 0.4) is 0 Å². The van der Waals surface area contributed by atoms with Crippen molar-refractivity contribution in [1.82, 2.24) is 15.2 Å². The molecule has 0 fully saturated rings. The number of nitrogens with zero attached hydrogens (tertiary/aromatic N) is 3. The fraction of sp³-hybridized carbons (Fsp3) is 0.0714. The predicted octanol–water partition coefficient (Wildman–Crippen LogP) is 4.39. The maximum atomic E-state index is 13.6. The Morgan fingerprint density at radius 3 is 2.48 bits per heavy atom. The molecule has 0 saturated carbocycles. The molecule has 0 radical (unpaired) electrons. The molecule has 2 heterocycles. The maximum Gasteiger partial charge on any atom is 0.252 e. The van der Waals surface area contributed by atoms with E-state index in [0.717, 1.165) is 11.3 Å². The Kier molecular flexibility index (Phi) is 5.04. The van der Waals surface area contributed by atoms with E-state index in [-0.39, 0.29) is 4.34 Å². The number of hydrogen-bond donors (Lipinski definition) is 1. The molecule has 0 aliphatic heterocycles. The van der Waals surface area contributed by atoms with E-state index in [0.29, 0.717) is 28.3 Å². The van der Waals surface area contributed by atoms with Gasteiger partial charge in [-0.3, -0.25) is 0 Å². The first-order valence-corrected chi connectivity index (χ1v) is 8.23. The van der Waals surface area contributed by atoms with Gasteiger partial charge in [0.05, 0.1) is 12.0 Å². The first kappa shape index (κ1) is 17.4. The number of nitrogens with one attached hydrogen (secondary N) is 1. The summed E-state index contributed by atoms with van der Waals surface area (Å²) in [4.78, 5) is 1.63. The van der Waals surface area contributed by atoms with Crippen molar-refractivity contribution in [2.45, 2.75) is 9.24 Å². The number of rotatable bonds is 5. The molecule has 2 aromatic heterocycles. The van der Waals surface area contributed by atoms with Crippen molar-refractivity contribution in [3.63, 3.8) is 0 Å². The van der Waals surface area contributed by atoms with E-state index in [1.165, 1.54) is 7.11 Å². The molecule has 25 heavy (non-hydrogen) atoms. The van der Waals surface area contributed by atoms with Gasteiger partial charge in [-0.05, 0) is 12.1 Å². The first-order chi connectivity index (χ1) is 12.0. The minimum Gasteiger partial charge on any atom is -0.497 e. The van der Waals surface area contributed by atoms with Crippen LogP contribution in [0, 0.1) is 23.5 Å². The quantitative estimate of drug-likeness (QED) is 0.517. The molecule has 0 aliphatic rings. The highest BCUT2D eigenvalue weighted by molar-refractivity contribution is 8.01. The standard InChI is InChI=1S/C14H8F4N4OS2/c1-23-7-4-2-3-6(5-7)19-13-21-22-14(25-13)24-10-8(15)11(17)20-12(18)9(10)16/h2-5H,1H3,(H,19,21). The lowest BCUT2D eigenvalue weighted by molar-refractivity contribution is 0.383. The Bertz CT molecular complexity index is 896. The van der Waals surface area contributed by atoms with Crippen LogP contribution < -0.4 is 10.1 Å². The number of methoxy groups -OCH3 is 1. The van der Waals surface area contributed by atoms with Crippen LogP contribution in [-0.4, -0.2) is 22.3 Å². The molecule has 0 spiro atoms. The molecular formula is C14H8F4N4OS2. The zero-order valence-electron chi connectivity index (χ0n) is 12.4. The Balaban J connectivity index is 1.81. The molecule has 1 aromatic carbocycles. The third-order valence-electron chi connectivity index (χ3n) is 2.87. The molecule has 0 aliphatic carbocycles. The number of pyridine rings is 1. The van der Waals surface area contributed by atoms with Crippen LogP contribution in [0.2, 0.25) is 0 Å². The number of ether oxygens (including phenoxy) is 1. The van der Waals surface area contributed by atoms with Crippen molar-refractivity contribution in [2.24, 2.45) is 0 Å². The van der Waals surface area contributed by atoms with Crippen molar-refractivity contribution in [2.75, 3.05) is 12.4 Å². The molecule has 1 N–H and O–H groups in total. The second kappa shape index (κ2) is 7.23. The number of halogens is 4. The number of benzene rings is 1. The summed E-state index contributed by atoms with van der Waals surface area (Å²) in [6.45, 7) is 0. The van der Waals surface area contributed by atoms with Crippen LogP contribution in [0.15, 0.2) is 33.5 Å². The molecule has 130 valence electrons. The smallest absolute Gasteiger partial charge is 0.252 e. The third kappa shape index (κ3) is 3.82. The lowest BCUT2D eigenvalue weighted by Gasteiger charge is -2.04. The van der Waals surface area contributed by atoms with E-state index in [1.807, 2.05) is 0 Å². The molecule has 0 unspecified atom stereocenters. The van der Waals surface area contributed by atoms with E-state index in [2.05, 4.69) is 20.5 Å². The Morgan fingerprint density at radius 2 is 1.80 bits per heavy atom. The monoisotopic (exact) mass is 388 g/mol. The minimum absolute atomic E-state index is 0.0909. The maximum absolute atomic E-state index is 13.6. The van der Waals surface area contributed by atoms with Crippen molar-refractivity contribution < 1.29 is 22.3 Å². The van der Waals surface area contributed by atoms with E-state index >= 15 is 0 Å². The van der Waals surface area contributed by atoms with Crippen LogP contribution in [0.25, 0.3) is 0 Å². The largest absolute Gasteiger partial charge is 0.497 e. The summed E-state index contributed by atoms with van der Waals surface area (Å²) < 4.78 is 58.7. The van der Waals surface area contributed by atoms with Gasteiger partial charge in [0.2, 0.25) is 5.13 Å². The fourth-order valence-electron chi connectivity index (χ4n) is 1.77. The third-order valence-corrected chi connectivity index (χ3v) is 4.83. The SMILES string of the molecule is COc1cccc(Nc2nnc(Sc3c(F)c(F)nc(F)c3F)s2)c1. The topological polar surface area (TPSA) is 59.9 Å². The highest BCUT2D eigenvalue weighted by atomic mass is 32.2. The van der Waals surface area contributed by atoms with Gasteiger partial charge in [-0.25, -0.2) is 8.78 Å². The summed E-state index contributed by atoms with van der Waals surface area (Å²) in [7, 11) is 1.52. The van der Waals surface area contributed by atoms with Gasteiger partial charge in [-0.15, -0.1) is 10.2 Å². The molecule has 3 rings (SSSR count). The number of hydrogen-bond acceptors (Lipinski definition) is 7. The van der Waals surface area contributed by atoms with Gasteiger partial charge in [0, 0.05) is 11.8 Å². The highest BCUT2D eigenvalue weighted by Gasteiger charge is 2.23. The van der Waals surface area contributed by atoms with Crippen molar-refractivity contribution >= 4 is 33.9 Å². The lowest BCUT2D eigenvalue weighted by atomic mass is 10.3. The molecular weight excluding hydrogens is 380 g/mol. The van der Waals surface area contributed by atoms with Crippen LogP contribution in [0.4, 0.5) is 28.4 Å². The second-order valence-electron chi connectivity index (χ2n) is 4.48. The summed E-state index contributed by atoms with van der Waals surface area (Å²) in [5, 5.41) is 10.8. The molecule has 11 heteroatoms. The van der Waals surface area contributed by atoms with Gasteiger partial charge in [-0.2, -0.15) is 13.8 Å². The molecule has 0 amide bonds. The zero-order valence-corrected chi connectivity index (χ0v) is 14.0. The van der Waals surface area contributed by atoms with Crippen molar-refractivity contribution in [3.8, 4) is 5.75 Å². The van der Waals surface area contributed by atoms with Crippen LogP contribution in [0.5, 0.6) is 5.75 Å².